The molecule has 0 aromatic heterocycles. The van der Waals surface area contributed by atoms with Crippen molar-refractivity contribution in [2.24, 2.45) is 0 Å². The molecule has 37 heavy (non-hydrogen) atoms. The zero-order valence-electron chi connectivity index (χ0n) is 24.5. The summed E-state index contributed by atoms with van der Waals surface area (Å²) in [4.78, 5) is 22.3. The third-order valence-corrected chi connectivity index (χ3v) is 7.24. The largest absolute Gasteiger partial charge is 0.472 e. The number of phosphoric ester groups is 1. The van der Waals surface area contributed by atoms with Crippen molar-refractivity contribution in [3.63, 3.8) is 0 Å². The summed E-state index contributed by atoms with van der Waals surface area (Å²) in [5, 5.41) is 13.4. The number of nitrogens with zero attached hydrogens (tertiary/aromatic N) is 1. The van der Waals surface area contributed by atoms with E-state index in [-0.39, 0.29) is 19.1 Å². The van der Waals surface area contributed by atoms with Gasteiger partial charge in [0.2, 0.25) is 5.91 Å². The second-order valence-electron chi connectivity index (χ2n) is 11.1. The minimum absolute atomic E-state index is 0.0617. The lowest BCUT2D eigenvalue weighted by molar-refractivity contribution is -0.870. The van der Waals surface area contributed by atoms with E-state index in [1.165, 1.54) is 57.8 Å². The predicted molar refractivity (Wildman–Crippen MR) is 152 cm³/mol. The van der Waals surface area contributed by atoms with Crippen molar-refractivity contribution in [2.75, 3.05) is 40.9 Å². The summed E-state index contributed by atoms with van der Waals surface area (Å²) in [5.74, 6) is -0.216. The smallest absolute Gasteiger partial charge is 0.387 e. The Bertz CT molecular complexity index is 639. The Morgan fingerprint density at radius 2 is 1.43 bits per heavy atom. The SMILES string of the molecule is CCCCCCCCCCCCC/C=C/C(O)C(COP(=O)(O)OCC[N+](C)(C)C)NC(=O)CCCC. The summed E-state index contributed by atoms with van der Waals surface area (Å²) in [6.07, 6.45) is 19.4. The van der Waals surface area contributed by atoms with Gasteiger partial charge in [0.05, 0.1) is 39.9 Å². The molecule has 0 aliphatic heterocycles. The number of nitrogens with one attached hydrogen (secondary N) is 1. The zero-order chi connectivity index (χ0) is 28.0. The van der Waals surface area contributed by atoms with Gasteiger partial charge in [0.1, 0.15) is 13.2 Å². The van der Waals surface area contributed by atoms with Crippen LogP contribution in [-0.4, -0.2) is 73.4 Å². The first-order valence-corrected chi connectivity index (χ1v) is 16.1. The van der Waals surface area contributed by atoms with Gasteiger partial charge < -0.3 is 19.8 Å². The molecule has 0 saturated carbocycles. The number of carbonyl (C=O) groups is 1. The number of hydrogen-bond donors (Lipinski definition) is 3. The topological polar surface area (TPSA) is 105 Å². The van der Waals surface area contributed by atoms with Crippen LogP contribution in [0.3, 0.4) is 0 Å². The van der Waals surface area contributed by atoms with Crippen molar-refractivity contribution >= 4 is 13.7 Å². The Balaban J connectivity index is 4.43. The molecule has 0 aliphatic carbocycles. The number of phosphoric acid groups is 1. The van der Waals surface area contributed by atoms with E-state index in [0.29, 0.717) is 17.4 Å². The number of carbonyl (C=O) groups excluding carboxylic acids is 1. The molecule has 0 aliphatic rings. The molecule has 0 fully saturated rings. The first-order valence-electron chi connectivity index (χ1n) is 14.6. The van der Waals surface area contributed by atoms with Crippen LogP contribution in [0.25, 0.3) is 0 Å². The van der Waals surface area contributed by atoms with Crippen molar-refractivity contribution in [1.29, 1.82) is 0 Å². The van der Waals surface area contributed by atoms with Gasteiger partial charge in [-0.1, -0.05) is 96.6 Å². The molecule has 3 N–H and O–H groups in total. The average molecular weight is 550 g/mol. The van der Waals surface area contributed by atoms with Crippen molar-refractivity contribution in [3.8, 4) is 0 Å². The van der Waals surface area contributed by atoms with Crippen molar-refractivity contribution in [2.45, 2.75) is 122 Å². The van der Waals surface area contributed by atoms with Gasteiger partial charge in [-0.15, -0.1) is 0 Å². The normalized spacial score (nSPS) is 15.5. The number of hydrogen-bond acceptors (Lipinski definition) is 5. The van der Waals surface area contributed by atoms with Crippen LogP contribution in [0.5, 0.6) is 0 Å². The summed E-state index contributed by atoms with van der Waals surface area (Å²) in [6.45, 7) is 4.52. The number of aliphatic hydroxyl groups is 1. The lowest BCUT2D eigenvalue weighted by Gasteiger charge is -2.25. The van der Waals surface area contributed by atoms with Crippen molar-refractivity contribution < 1.29 is 32.9 Å². The fourth-order valence-corrected chi connectivity index (χ4v) is 4.52. The van der Waals surface area contributed by atoms with E-state index in [1.807, 2.05) is 34.1 Å². The van der Waals surface area contributed by atoms with Gasteiger partial charge >= 0.3 is 7.82 Å². The lowest BCUT2D eigenvalue weighted by Crippen LogP contribution is -2.45. The first-order chi connectivity index (χ1) is 17.5. The highest BCUT2D eigenvalue weighted by Crippen LogP contribution is 2.43. The minimum atomic E-state index is -4.29. The van der Waals surface area contributed by atoms with Gasteiger partial charge in [0.25, 0.3) is 0 Å². The number of unbranched alkanes of at least 4 members (excludes halogenated alkanes) is 12. The minimum Gasteiger partial charge on any atom is -0.387 e. The number of quaternary nitrogens is 1. The molecule has 3 unspecified atom stereocenters. The van der Waals surface area contributed by atoms with Crippen LogP contribution in [0.1, 0.15) is 110 Å². The summed E-state index contributed by atoms with van der Waals surface area (Å²) >= 11 is 0. The molecule has 0 aromatic rings. The molecule has 0 rings (SSSR count). The van der Waals surface area contributed by atoms with E-state index in [0.717, 1.165) is 32.1 Å². The Labute approximate surface area is 227 Å². The summed E-state index contributed by atoms with van der Waals surface area (Å²) in [5.41, 5.74) is 0. The van der Waals surface area contributed by atoms with Crippen molar-refractivity contribution in [1.82, 2.24) is 5.32 Å². The molecule has 0 aromatic carbocycles. The van der Waals surface area contributed by atoms with Crippen LogP contribution in [-0.2, 0) is 18.4 Å². The highest BCUT2D eigenvalue weighted by atomic mass is 31.2. The molecule has 0 spiro atoms. The fraction of sp³-hybridized carbons (Fsp3) is 0.893. The third kappa shape index (κ3) is 24.0. The Morgan fingerprint density at radius 3 is 1.97 bits per heavy atom. The monoisotopic (exact) mass is 549 g/mol. The Kier molecular flexibility index (Phi) is 21.6. The fourth-order valence-electron chi connectivity index (χ4n) is 3.78. The number of amides is 1. The molecule has 220 valence electrons. The van der Waals surface area contributed by atoms with Gasteiger partial charge in [0, 0.05) is 6.42 Å². The van der Waals surface area contributed by atoms with Gasteiger partial charge in [-0.05, 0) is 19.3 Å². The standard InChI is InChI=1S/C28H57N2O6P/c1-6-8-10-11-12-13-14-15-16-17-18-19-20-21-27(31)26(29-28(32)22-9-7-2)25-36-37(33,34)35-24-23-30(3,4)5/h20-21,26-27,31H,6-19,22-25H2,1-5H3,(H-,29,32,33,34)/p+1/b21-20+. The van der Waals surface area contributed by atoms with E-state index < -0.39 is 20.0 Å². The van der Waals surface area contributed by atoms with Crippen LogP contribution >= 0.6 is 7.82 Å². The summed E-state index contributed by atoms with van der Waals surface area (Å²) in [6, 6.07) is -0.833. The molecule has 9 heteroatoms. The quantitative estimate of drug-likeness (QED) is 0.0548. The number of aliphatic hydroxyl groups excluding tert-OH is 1. The highest BCUT2D eigenvalue weighted by Gasteiger charge is 2.27. The summed E-state index contributed by atoms with van der Waals surface area (Å²) < 4.78 is 23.0. The molecule has 0 radical (unpaired) electrons. The molecule has 0 heterocycles. The molecular weight excluding hydrogens is 491 g/mol. The maximum Gasteiger partial charge on any atom is 0.472 e. The first kappa shape index (κ1) is 36.2. The van der Waals surface area contributed by atoms with Crippen LogP contribution in [0.2, 0.25) is 0 Å². The number of likely N-dealkylation sites (N-methyl/N-ethyl adjacent to an activating group) is 1. The second-order valence-corrected chi connectivity index (χ2v) is 12.6. The molecule has 3 atom stereocenters. The molecular formula is C28H58N2O6P+. The maximum absolute atomic E-state index is 12.3. The Hall–Kier alpha value is -0.760. The van der Waals surface area contributed by atoms with Crippen molar-refractivity contribution in [3.05, 3.63) is 12.2 Å². The maximum atomic E-state index is 12.3. The van der Waals surface area contributed by atoms with Crippen LogP contribution < -0.4 is 5.32 Å². The third-order valence-electron chi connectivity index (χ3n) is 6.26. The lowest BCUT2D eigenvalue weighted by atomic mass is 10.0. The molecule has 0 bridgehead atoms. The summed E-state index contributed by atoms with van der Waals surface area (Å²) in [7, 11) is 1.56. The van der Waals surface area contributed by atoms with E-state index in [1.54, 1.807) is 6.08 Å². The van der Waals surface area contributed by atoms with Crippen LogP contribution in [0, 0.1) is 0 Å². The van der Waals surface area contributed by atoms with Crippen LogP contribution in [0.15, 0.2) is 12.2 Å². The highest BCUT2D eigenvalue weighted by molar-refractivity contribution is 7.47. The number of allylic oxidation sites excluding steroid dienone is 1. The van der Waals surface area contributed by atoms with E-state index in [2.05, 4.69) is 12.2 Å². The molecule has 0 saturated heterocycles. The van der Waals surface area contributed by atoms with Gasteiger partial charge in [-0.2, -0.15) is 0 Å². The number of rotatable bonds is 25. The molecule has 8 nitrogen and oxygen atoms in total. The zero-order valence-corrected chi connectivity index (χ0v) is 25.4. The van der Waals surface area contributed by atoms with E-state index >= 15 is 0 Å². The second kappa shape index (κ2) is 22.1. The predicted octanol–water partition coefficient (Wildman–Crippen LogP) is 6.12. The van der Waals surface area contributed by atoms with Crippen LogP contribution in [0.4, 0.5) is 0 Å². The molecule has 1 amide bonds. The average Bonchev–Trinajstić information content (AvgIpc) is 2.82. The van der Waals surface area contributed by atoms with E-state index in [9.17, 15) is 19.4 Å². The van der Waals surface area contributed by atoms with Gasteiger partial charge in [-0.25, -0.2) is 4.57 Å². The van der Waals surface area contributed by atoms with Gasteiger partial charge in [0.15, 0.2) is 0 Å². The van der Waals surface area contributed by atoms with E-state index in [4.69, 9.17) is 9.05 Å². The van der Waals surface area contributed by atoms with Gasteiger partial charge in [-0.3, -0.25) is 13.8 Å². The Morgan fingerprint density at radius 1 is 0.892 bits per heavy atom.